The minimum absolute atomic E-state index is 0.355. The zero-order valence-corrected chi connectivity index (χ0v) is 11.2. The van der Waals surface area contributed by atoms with E-state index in [-0.39, 0.29) is 0 Å². The molecule has 1 amide bonds. The lowest BCUT2D eigenvalue weighted by Gasteiger charge is -2.11. The lowest BCUT2D eigenvalue weighted by Crippen LogP contribution is -2.15. The molecule has 1 heterocycles. The van der Waals surface area contributed by atoms with Gasteiger partial charge in [0, 0.05) is 25.5 Å². The van der Waals surface area contributed by atoms with Gasteiger partial charge in [0.25, 0.3) is 5.91 Å². The first-order valence-corrected chi connectivity index (χ1v) is 6.56. The second-order valence-electron chi connectivity index (χ2n) is 4.57. The van der Waals surface area contributed by atoms with Crippen molar-refractivity contribution in [2.75, 3.05) is 17.6 Å². The first-order chi connectivity index (χ1) is 9.68. The molecule has 0 atom stereocenters. The van der Waals surface area contributed by atoms with Gasteiger partial charge in [-0.15, -0.1) is 0 Å². The van der Waals surface area contributed by atoms with Crippen LogP contribution in [0, 0.1) is 0 Å². The first-order valence-electron chi connectivity index (χ1n) is 6.56. The zero-order valence-electron chi connectivity index (χ0n) is 11.2. The van der Waals surface area contributed by atoms with Crippen LogP contribution in [0.2, 0.25) is 0 Å². The van der Waals surface area contributed by atoms with Crippen LogP contribution in [0.3, 0.4) is 0 Å². The van der Waals surface area contributed by atoms with E-state index in [1.54, 1.807) is 18.3 Å². The standard InChI is InChI=1S/C14H19N5O/c15-13-11(14(16)20)4-3-5-12(13)18-6-1-2-8-19-9-7-17-10-19/h3-5,7,9-10,18H,1-2,6,8,15H2,(H2,16,20). The number of para-hydroxylation sites is 1. The van der Waals surface area contributed by atoms with Crippen LogP contribution in [0.25, 0.3) is 0 Å². The molecule has 0 bridgehead atoms. The topological polar surface area (TPSA) is 99.0 Å². The molecule has 6 nitrogen and oxygen atoms in total. The van der Waals surface area contributed by atoms with Crippen molar-refractivity contribution in [2.45, 2.75) is 19.4 Å². The number of hydrogen-bond acceptors (Lipinski definition) is 4. The van der Waals surface area contributed by atoms with Crippen LogP contribution in [-0.2, 0) is 6.54 Å². The highest BCUT2D eigenvalue weighted by Gasteiger charge is 2.08. The molecule has 0 unspecified atom stereocenters. The highest BCUT2D eigenvalue weighted by atomic mass is 16.1. The number of primary amides is 1. The van der Waals surface area contributed by atoms with Crippen molar-refractivity contribution in [2.24, 2.45) is 5.73 Å². The smallest absolute Gasteiger partial charge is 0.250 e. The fraction of sp³-hybridized carbons (Fsp3) is 0.286. The van der Waals surface area contributed by atoms with E-state index in [0.29, 0.717) is 11.3 Å². The molecule has 0 saturated carbocycles. The van der Waals surface area contributed by atoms with Crippen LogP contribution < -0.4 is 16.8 Å². The van der Waals surface area contributed by atoms with Crippen LogP contribution in [0.1, 0.15) is 23.2 Å². The summed E-state index contributed by atoms with van der Waals surface area (Å²) in [7, 11) is 0. The molecule has 20 heavy (non-hydrogen) atoms. The summed E-state index contributed by atoms with van der Waals surface area (Å²) in [6, 6.07) is 5.24. The molecular formula is C14H19N5O. The Morgan fingerprint density at radius 2 is 2.20 bits per heavy atom. The number of amides is 1. The van der Waals surface area contributed by atoms with Gasteiger partial charge < -0.3 is 21.4 Å². The predicted molar refractivity (Wildman–Crippen MR) is 79.3 cm³/mol. The number of aryl methyl sites for hydroxylation is 1. The van der Waals surface area contributed by atoms with Gasteiger partial charge in [0.1, 0.15) is 0 Å². The van der Waals surface area contributed by atoms with Gasteiger partial charge in [0.15, 0.2) is 0 Å². The molecule has 0 aliphatic carbocycles. The van der Waals surface area contributed by atoms with E-state index < -0.39 is 5.91 Å². The van der Waals surface area contributed by atoms with Crippen LogP contribution in [0.4, 0.5) is 11.4 Å². The number of nitrogens with one attached hydrogen (secondary N) is 1. The average Bonchev–Trinajstić information content (AvgIpc) is 2.93. The van der Waals surface area contributed by atoms with Gasteiger partial charge in [-0.05, 0) is 25.0 Å². The van der Waals surface area contributed by atoms with Gasteiger partial charge in [-0.3, -0.25) is 4.79 Å². The summed E-state index contributed by atoms with van der Waals surface area (Å²) < 4.78 is 2.04. The van der Waals surface area contributed by atoms with Crippen molar-refractivity contribution in [3.8, 4) is 0 Å². The molecule has 1 aromatic heterocycles. The van der Waals surface area contributed by atoms with Crippen molar-refractivity contribution in [3.63, 3.8) is 0 Å². The molecule has 2 rings (SSSR count). The fourth-order valence-corrected chi connectivity index (χ4v) is 2.00. The van der Waals surface area contributed by atoms with Crippen LogP contribution in [-0.4, -0.2) is 22.0 Å². The number of anilines is 2. The highest BCUT2D eigenvalue weighted by Crippen LogP contribution is 2.22. The Morgan fingerprint density at radius 1 is 1.35 bits per heavy atom. The molecule has 6 heteroatoms. The van der Waals surface area contributed by atoms with Crippen LogP contribution in [0.15, 0.2) is 36.9 Å². The van der Waals surface area contributed by atoms with E-state index in [1.165, 1.54) is 0 Å². The van der Waals surface area contributed by atoms with Gasteiger partial charge in [-0.25, -0.2) is 4.98 Å². The van der Waals surface area contributed by atoms with E-state index in [9.17, 15) is 4.79 Å². The molecule has 0 spiro atoms. The minimum atomic E-state index is -0.508. The molecular weight excluding hydrogens is 254 g/mol. The Morgan fingerprint density at radius 3 is 2.90 bits per heavy atom. The zero-order chi connectivity index (χ0) is 14.4. The quantitative estimate of drug-likeness (QED) is 0.525. The number of aromatic nitrogens is 2. The van der Waals surface area contributed by atoms with E-state index in [1.807, 2.05) is 23.2 Å². The van der Waals surface area contributed by atoms with Gasteiger partial charge in [0.05, 0.1) is 23.3 Å². The number of imidazole rings is 1. The molecule has 106 valence electrons. The number of hydrogen-bond donors (Lipinski definition) is 3. The maximum absolute atomic E-state index is 11.2. The average molecular weight is 273 g/mol. The maximum atomic E-state index is 11.2. The second-order valence-corrected chi connectivity index (χ2v) is 4.57. The maximum Gasteiger partial charge on any atom is 0.250 e. The van der Waals surface area contributed by atoms with Crippen molar-refractivity contribution < 1.29 is 4.79 Å². The van der Waals surface area contributed by atoms with Gasteiger partial charge in [0.2, 0.25) is 0 Å². The fourth-order valence-electron chi connectivity index (χ4n) is 2.00. The number of carbonyl (C=O) groups excluding carboxylic acids is 1. The number of benzene rings is 1. The normalized spacial score (nSPS) is 10.4. The third-order valence-corrected chi connectivity index (χ3v) is 3.09. The van der Waals surface area contributed by atoms with Crippen molar-refractivity contribution >= 4 is 17.3 Å². The molecule has 1 aromatic carbocycles. The van der Waals surface area contributed by atoms with Crippen molar-refractivity contribution in [3.05, 3.63) is 42.5 Å². The lowest BCUT2D eigenvalue weighted by molar-refractivity contribution is 0.100. The van der Waals surface area contributed by atoms with E-state index in [2.05, 4.69) is 10.3 Å². The summed E-state index contributed by atoms with van der Waals surface area (Å²) in [5, 5.41) is 3.23. The molecule has 0 aliphatic heterocycles. The Labute approximate surface area is 117 Å². The third-order valence-electron chi connectivity index (χ3n) is 3.09. The molecule has 5 N–H and O–H groups in total. The number of carbonyl (C=O) groups is 1. The first kappa shape index (κ1) is 13.9. The summed E-state index contributed by atoms with van der Waals surface area (Å²) in [6.07, 6.45) is 7.56. The predicted octanol–water partition coefficient (Wildman–Crippen LogP) is 1.46. The molecule has 2 aromatic rings. The van der Waals surface area contributed by atoms with Gasteiger partial charge in [-0.2, -0.15) is 0 Å². The summed E-state index contributed by atoms with van der Waals surface area (Å²) in [5.74, 6) is -0.508. The number of rotatable bonds is 7. The summed E-state index contributed by atoms with van der Waals surface area (Å²) >= 11 is 0. The molecule has 0 saturated heterocycles. The van der Waals surface area contributed by atoms with Gasteiger partial charge in [-0.1, -0.05) is 6.07 Å². The number of nitrogens with zero attached hydrogens (tertiary/aromatic N) is 2. The highest BCUT2D eigenvalue weighted by molar-refractivity contribution is 6.00. The van der Waals surface area contributed by atoms with E-state index in [4.69, 9.17) is 11.5 Å². The van der Waals surface area contributed by atoms with Crippen molar-refractivity contribution in [1.29, 1.82) is 0 Å². The minimum Gasteiger partial charge on any atom is -0.396 e. The second kappa shape index (κ2) is 6.60. The van der Waals surface area contributed by atoms with Crippen molar-refractivity contribution in [1.82, 2.24) is 9.55 Å². The summed E-state index contributed by atoms with van der Waals surface area (Å²) in [5.41, 5.74) is 12.7. The SMILES string of the molecule is NC(=O)c1cccc(NCCCCn2ccnc2)c1N. The Bertz CT molecular complexity index is 565. The Hall–Kier alpha value is -2.50. The van der Waals surface area contributed by atoms with Crippen LogP contribution in [0.5, 0.6) is 0 Å². The third kappa shape index (κ3) is 3.50. The summed E-state index contributed by atoms with van der Waals surface area (Å²) in [4.78, 5) is 15.2. The number of nitrogens with two attached hydrogens (primary N) is 2. The largest absolute Gasteiger partial charge is 0.396 e. The number of nitrogen functional groups attached to an aromatic ring is 1. The Kier molecular flexibility index (Phi) is 4.60. The van der Waals surface area contributed by atoms with E-state index in [0.717, 1.165) is 31.6 Å². The van der Waals surface area contributed by atoms with Gasteiger partial charge >= 0.3 is 0 Å². The molecule has 0 fully saturated rings. The molecule has 0 aliphatic rings. The van der Waals surface area contributed by atoms with Crippen LogP contribution >= 0.6 is 0 Å². The monoisotopic (exact) mass is 273 g/mol. The van der Waals surface area contributed by atoms with E-state index >= 15 is 0 Å². The Balaban J connectivity index is 1.79. The number of unbranched alkanes of at least 4 members (excludes halogenated alkanes) is 1. The molecule has 0 radical (unpaired) electrons. The lowest BCUT2D eigenvalue weighted by atomic mass is 10.1. The summed E-state index contributed by atoms with van der Waals surface area (Å²) in [6.45, 7) is 1.74.